The van der Waals surface area contributed by atoms with Crippen molar-refractivity contribution in [3.05, 3.63) is 83.8 Å². The molecule has 3 heterocycles. The van der Waals surface area contributed by atoms with Gasteiger partial charge in [-0.3, -0.25) is 14.8 Å². The number of ether oxygens (including phenoxy) is 1. The fourth-order valence-electron chi connectivity index (χ4n) is 5.76. The highest BCUT2D eigenvalue weighted by Crippen LogP contribution is 2.35. The summed E-state index contributed by atoms with van der Waals surface area (Å²) in [7, 11) is 0. The molecule has 36 heavy (non-hydrogen) atoms. The van der Waals surface area contributed by atoms with Crippen molar-refractivity contribution in [1.29, 1.82) is 0 Å². The number of halogens is 1. The summed E-state index contributed by atoms with van der Waals surface area (Å²) >= 11 is 3.68. The second-order valence-electron chi connectivity index (χ2n) is 10.3. The van der Waals surface area contributed by atoms with Gasteiger partial charge in [-0.15, -0.1) is 0 Å². The average Bonchev–Trinajstić information content (AvgIpc) is 2.93. The van der Waals surface area contributed by atoms with Gasteiger partial charge in [0.1, 0.15) is 12.2 Å². The van der Waals surface area contributed by atoms with Crippen LogP contribution in [0.5, 0.6) is 5.75 Å². The van der Waals surface area contributed by atoms with Gasteiger partial charge in [-0.25, -0.2) is 0 Å². The first-order valence-corrected chi connectivity index (χ1v) is 14.2. The molecular formula is C30H35BrN4O. The van der Waals surface area contributed by atoms with E-state index in [-0.39, 0.29) is 0 Å². The third kappa shape index (κ3) is 5.31. The Kier molecular flexibility index (Phi) is 7.26. The largest absolute Gasteiger partial charge is 0.475 e. The molecule has 1 unspecified atom stereocenters. The van der Waals surface area contributed by atoms with Crippen LogP contribution >= 0.6 is 15.9 Å². The second-order valence-corrected chi connectivity index (χ2v) is 11.5. The van der Waals surface area contributed by atoms with Crippen LogP contribution in [0.4, 0.5) is 0 Å². The molecular weight excluding hydrogens is 512 g/mol. The molecule has 2 aliphatic carbocycles. The van der Waals surface area contributed by atoms with Gasteiger partial charge in [-0.05, 0) is 49.0 Å². The van der Waals surface area contributed by atoms with Crippen LogP contribution in [0.3, 0.4) is 0 Å². The molecule has 1 fully saturated rings. The van der Waals surface area contributed by atoms with Gasteiger partial charge in [-0.2, -0.15) is 0 Å². The van der Waals surface area contributed by atoms with E-state index in [2.05, 4.69) is 91.4 Å². The Hall–Kier alpha value is -2.41. The van der Waals surface area contributed by atoms with E-state index in [0.29, 0.717) is 17.5 Å². The van der Waals surface area contributed by atoms with Crippen molar-refractivity contribution in [2.24, 2.45) is 5.92 Å². The average molecular weight is 548 g/mol. The molecule has 0 radical (unpaired) electrons. The standard InChI is InChI=1S/C30H35BrN4O/c31-26-8-10-27(11-9-26)35-17-15-33(16-18-35)20-24-19-25-21-34(14-12-23-5-2-1-3-6-23)22-36-30(25)29-28(24)7-4-13-32-29/h1-5,7-8,10-11,13,19,23,26H,6,9,12,14-18,20-22H2/t23-,26?/m1/s1. The summed E-state index contributed by atoms with van der Waals surface area (Å²) in [6, 6.07) is 6.65. The fraction of sp³-hybridized carbons (Fsp3) is 0.433. The number of nitrogens with zero attached hydrogens (tertiary/aromatic N) is 4. The first-order chi connectivity index (χ1) is 17.7. The van der Waals surface area contributed by atoms with E-state index in [1.165, 1.54) is 28.6 Å². The van der Waals surface area contributed by atoms with Crippen LogP contribution in [0.25, 0.3) is 10.9 Å². The molecule has 0 bridgehead atoms. The minimum Gasteiger partial charge on any atom is -0.475 e. The molecule has 1 saturated heterocycles. The van der Waals surface area contributed by atoms with E-state index in [9.17, 15) is 0 Å². The molecule has 0 saturated carbocycles. The zero-order valence-electron chi connectivity index (χ0n) is 20.9. The number of benzene rings is 1. The lowest BCUT2D eigenvalue weighted by Gasteiger charge is -2.37. The Morgan fingerprint density at radius 1 is 1.06 bits per heavy atom. The van der Waals surface area contributed by atoms with Crippen LogP contribution in [0, 0.1) is 5.92 Å². The summed E-state index contributed by atoms with van der Waals surface area (Å²) in [5.74, 6) is 1.63. The van der Waals surface area contributed by atoms with E-state index in [1.54, 1.807) is 0 Å². The number of hydrogen-bond acceptors (Lipinski definition) is 5. The van der Waals surface area contributed by atoms with E-state index in [4.69, 9.17) is 9.72 Å². The Bertz CT molecular complexity index is 1210. The van der Waals surface area contributed by atoms with Gasteiger partial charge in [0.15, 0.2) is 5.75 Å². The molecule has 6 rings (SSSR count). The van der Waals surface area contributed by atoms with Crippen LogP contribution in [0.15, 0.2) is 72.6 Å². The second kappa shape index (κ2) is 10.9. The van der Waals surface area contributed by atoms with E-state index in [0.717, 1.165) is 69.9 Å². The number of alkyl halides is 1. The van der Waals surface area contributed by atoms with Crippen LogP contribution in [0.1, 0.15) is 30.4 Å². The first-order valence-electron chi connectivity index (χ1n) is 13.3. The predicted molar refractivity (Wildman–Crippen MR) is 150 cm³/mol. The molecule has 2 aromatic rings. The normalized spacial score (nSPS) is 24.6. The molecule has 4 aliphatic rings. The molecule has 6 heteroatoms. The molecule has 5 nitrogen and oxygen atoms in total. The number of pyridine rings is 1. The number of allylic oxidation sites excluding steroid dienone is 7. The summed E-state index contributed by atoms with van der Waals surface area (Å²) in [6.45, 7) is 7.90. The van der Waals surface area contributed by atoms with Crippen molar-refractivity contribution >= 4 is 26.8 Å². The van der Waals surface area contributed by atoms with Gasteiger partial charge in [0.05, 0.1) is 0 Å². The van der Waals surface area contributed by atoms with E-state index in [1.807, 2.05) is 6.20 Å². The van der Waals surface area contributed by atoms with Gasteiger partial charge >= 0.3 is 0 Å². The number of fused-ring (bicyclic) bond motifs is 3. The molecule has 2 aliphatic heterocycles. The Balaban J connectivity index is 1.14. The lowest BCUT2D eigenvalue weighted by atomic mass is 9.97. The molecule has 0 N–H and O–H groups in total. The molecule has 2 atom stereocenters. The third-order valence-corrected chi connectivity index (χ3v) is 8.52. The van der Waals surface area contributed by atoms with Gasteiger partial charge in [0, 0.05) is 73.5 Å². The summed E-state index contributed by atoms with van der Waals surface area (Å²) in [5, 5.41) is 1.23. The minimum atomic E-state index is 0.481. The van der Waals surface area contributed by atoms with Gasteiger partial charge in [0.25, 0.3) is 0 Å². The highest BCUT2D eigenvalue weighted by molar-refractivity contribution is 9.09. The monoisotopic (exact) mass is 546 g/mol. The van der Waals surface area contributed by atoms with Crippen LogP contribution in [-0.4, -0.2) is 64.0 Å². The van der Waals surface area contributed by atoms with E-state index < -0.39 is 0 Å². The SMILES string of the molecule is BrC1C=CC(N2CCN(Cc3cc4c(c5ncccc35)OCN(CC[C@@H]3C=CC=CC3)C4)CC2)=CC1. The van der Waals surface area contributed by atoms with Crippen molar-refractivity contribution < 1.29 is 4.74 Å². The van der Waals surface area contributed by atoms with Gasteiger partial charge < -0.3 is 9.64 Å². The zero-order chi connectivity index (χ0) is 24.3. The summed E-state index contributed by atoms with van der Waals surface area (Å²) in [5.41, 5.74) is 5.05. The maximum Gasteiger partial charge on any atom is 0.152 e. The molecule has 1 aromatic heterocycles. The summed E-state index contributed by atoms with van der Waals surface area (Å²) < 4.78 is 6.32. The van der Waals surface area contributed by atoms with Crippen LogP contribution in [-0.2, 0) is 13.1 Å². The smallest absolute Gasteiger partial charge is 0.152 e. The lowest BCUT2D eigenvalue weighted by Crippen LogP contribution is -2.45. The Morgan fingerprint density at radius 2 is 1.97 bits per heavy atom. The fourth-order valence-corrected chi connectivity index (χ4v) is 6.10. The van der Waals surface area contributed by atoms with Crippen LogP contribution < -0.4 is 4.74 Å². The number of hydrogen-bond donors (Lipinski definition) is 0. The lowest BCUT2D eigenvalue weighted by molar-refractivity contribution is 0.0925. The predicted octanol–water partition coefficient (Wildman–Crippen LogP) is 5.63. The van der Waals surface area contributed by atoms with Gasteiger partial charge in [-0.1, -0.05) is 58.5 Å². The highest BCUT2D eigenvalue weighted by atomic mass is 79.9. The Labute approximate surface area is 222 Å². The molecule has 0 spiro atoms. The molecule has 0 amide bonds. The van der Waals surface area contributed by atoms with Crippen LogP contribution in [0.2, 0.25) is 0 Å². The maximum absolute atomic E-state index is 6.32. The zero-order valence-corrected chi connectivity index (χ0v) is 22.4. The quantitative estimate of drug-likeness (QED) is 0.438. The Morgan fingerprint density at radius 3 is 2.78 bits per heavy atom. The van der Waals surface area contributed by atoms with Crippen molar-refractivity contribution in [3.8, 4) is 5.75 Å². The summed E-state index contributed by atoms with van der Waals surface area (Å²) in [4.78, 5) is 12.8. The number of piperazine rings is 1. The van der Waals surface area contributed by atoms with Crippen molar-refractivity contribution in [3.63, 3.8) is 0 Å². The van der Waals surface area contributed by atoms with Crippen molar-refractivity contribution in [1.82, 2.24) is 19.7 Å². The molecule has 1 aromatic carbocycles. The van der Waals surface area contributed by atoms with E-state index >= 15 is 0 Å². The van der Waals surface area contributed by atoms with Gasteiger partial charge in [0.2, 0.25) is 0 Å². The first kappa shape index (κ1) is 24.0. The number of aromatic nitrogens is 1. The van der Waals surface area contributed by atoms with Crippen molar-refractivity contribution in [2.45, 2.75) is 37.2 Å². The summed E-state index contributed by atoms with van der Waals surface area (Å²) in [6.07, 6.45) is 21.1. The maximum atomic E-state index is 6.32. The molecule has 188 valence electrons. The van der Waals surface area contributed by atoms with Crippen molar-refractivity contribution in [2.75, 3.05) is 39.5 Å². The highest BCUT2D eigenvalue weighted by Gasteiger charge is 2.25. The topological polar surface area (TPSA) is 31.8 Å². The third-order valence-electron chi connectivity index (χ3n) is 7.84. The minimum absolute atomic E-state index is 0.481. The number of rotatable bonds is 6.